The molecule has 0 atom stereocenters. The summed E-state index contributed by atoms with van der Waals surface area (Å²) >= 11 is 0. The third-order valence-corrected chi connectivity index (χ3v) is 5.29. The van der Waals surface area contributed by atoms with Crippen LogP contribution in [0, 0.1) is 6.92 Å². The number of aryl methyl sites for hydroxylation is 2. The van der Waals surface area contributed by atoms with Crippen LogP contribution in [0.4, 0.5) is 5.69 Å². The van der Waals surface area contributed by atoms with Crippen molar-refractivity contribution in [3.8, 4) is 0 Å². The predicted molar refractivity (Wildman–Crippen MR) is 118 cm³/mol. The van der Waals surface area contributed by atoms with Gasteiger partial charge >= 0.3 is 0 Å². The van der Waals surface area contributed by atoms with Gasteiger partial charge in [0.15, 0.2) is 0 Å². The fourth-order valence-electron chi connectivity index (χ4n) is 3.58. The molecule has 1 aromatic heterocycles. The molecule has 0 aliphatic rings. The van der Waals surface area contributed by atoms with Gasteiger partial charge in [0.1, 0.15) is 12.4 Å². The number of amides is 1. The molecule has 0 fully saturated rings. The van der Waals surface area contributed by atoms with Gasteiger partial charge in [-0.3, -0.25) is 4.79 Å². The third-order valence-electron chi connectivity index (χ3n) is 5.29. The SMILES string of the molecule is CCc1ccc(NC(=O)Cn2c(Cc3ccccc3C)nc3ccccc32)cc1. The molecule has 4 nitrogen and oxygen atoms in total. The van der Waals surface area contributed by atoms with E-state index in [0.29, 0.717) is 6.42 Å². The lowest BCUT2D eigenvalue weighted by Gasteiger charge is -2.11. The number of anilines is 1. The zero-order valence-electron chi connectivity index (χ0n) is 16.9. The van der Waals surface area contributed by atoms with Crippen LogP contribution in [0.2, 0.25) is 0 Å². The Morgan fingerprint density at radius 2 is 1.69 bits per heavy atom. The summed E-state index contributed by atoms with van der Waals surface area (Å²) in [4.78, 5) is 17.6. The zero-order chi connectivity index (χ0) is 20.2. The maximum Gasteiger partial charge on any atom is 0.244 e. The Labute approximate surface area is 171 Å². The van der Waals surface area contributed by atoms with E-state index in [-0.39, 0.29) is 12.5 Å². The molecule has 0 spiro atoms. The standard InChI is InChI=1S/C25H25N3O/c1-3-19-12-14-21(15-13-19)26-25(29)17-28-23-11-7-6-10-22(23)27-24(28)16-20-9-5-4-8-18(20)2/h4-15H,3,16-17H2,1-2H3,(H,26,29). The van der Waals surface area contributed by atoms with E-state index in [9.17, 15) is 4.79 Å². The van der Waals surface area contributed by atoms with E-state index < -0.39 is 0 Å². The second kappa shape index (κ2) is 8.31. The van der Waals surface area contributed by atoms with Gasteiger partial charge in [0, 0.05) is 12.1 Å². The van der Waals surface area contributed by atoms with E-state index in [4.69, 9.17) is 4.98 Å². The highest BCUT2D eigenvalue weighted by Gasteiger charge is 2.15. The average molecular weight is 383 g/mol. The number of hydrogen-bond acceptors (Lipinski definition) is 2. The van der Waals surface area contributed by atoms with Crippen molar-refractivity contribution in [2.75, 3.05) is 5.32 Å². The van der Waals surface area contributed by atoms with Crippen molar-refractivity contribution < 1.29 is 4.79 Å². The van der Waals surface area contributed by atoms with E-state index >= 15 is 0 Å². The van der Waals surface area contributed by atoms with E-state index in [0.717, 1.165) is 29.0 Å². The molecule has 4 rings (SSSR count). The Balaban J connectivity index is 1.61. The number of rotatable bonds is 6. The molecule has 0 aliphatic carbocycles. The number of nitrogens with zero attached hydrogens (tertiary/aromatic N) is 2. The van der Waals surface area contributed by atoms with Crippen molar-refractivity contribution >= 4 is 22.6 Å². The number of imidazole rings is 1. The molecule has 146 valence electrons. The van der Waals surface area contributed by atoms with Gasteiger partial charge in [0.05, 0.1) is 11.0 Å². The summed E-state index contributed by atoms with van der Waals surface area (Å²) in [5.74, 6) is 0.848. The maximum absolute atomic E-state index is 12.8. The quantitative estimate of drug-likeness (QED) is 0.501. The molecule has 0 saturated carbocycles. The van der Waals surface area contributed by atoms with E-state index in [1.165, 1.54) is 16.7 Å². The zero-order valence-corrected chi connectivity index (χ0v) is 16.9. The van der Waals surface area contributed by atoms with Gasteiger partial charge in [0.25, 0.3) is 0 Å². The van der Waals surface area contributed by atoms with Crippen LogP contribution in [0.5, 0.6) is 0 Å². The van der Waals surface area contributed by atoms with Gasteiger partial charge in [-0.05, 0) is 54.3 Å². The van der Waals surface area contributed by atoms with E-state index in [1.807, 2.05) is 65.2 Å². The van der Waals surface area contributed by atoms with Crippen LogP contribution in [-0.4, -0.2) is 15.5 Å². The minimum Gasteiger partial charge on any atom is -0.325 e. The van der Waals surface area contributed by atoms with Crippen molar-refractivity contribution in [2.24, 2.45) is 0 Å². The molecule has 0 unspecified atom stereocenters. The van der Waals surface area contributed by atoms with Crippen LogP contribution >= 0.6 is 0 Å². The topological polar surface area (TPSA) is 46.9 Å². The first-order valence-corrected chi connectivity index (χ1v) is 10.0. The predicted octanol–water partition coefficient (Wildman–Crippen LogP) is 5.14. The first-order chi connectivity index (χ1) is 14.1. The molecule has 0 bridgehead atoms. The third kappa shape index (κ3) is 4.21. The lowest BCUT2D eigenvalue weighted by Crippen LogP contribution is -2.20. The summed E-state index contributed by atoms with van der Waals surface area (Å²) in [6.45, 7) is 4.46. The smallest absolute Gasteiger partial charge is 0.244 e. The van der Waals surface area contributed by atoms with Crippen molar-refractivity contribution in [1.29, 1.82) is 0 Å². The molecule has 0 aliphatic heterocycles. The summed E-state index contributed by atoms with van der Waals surface area (Å²) in [7, 11) is 0. The number of hydrogen-bond donors (Lipinski definition) is 1. The Morgan fingerprint density at radius 1 is 0.966 bits per heavy atom. The van der Waals surface area contributed by atoms with Crippen molar-refractivity contribution in [3.05, 3.63) is 95.3 Å². The Morgan fingerprint density at radius 3 is 2.45 bits per heavy atom. The number of carbonyl (C=O) groups is 1. The second-order valence-electron chi connectivity index (χ2n) is 7.30. The molecule has 0 radical (unpaired) electrons. The van der Waals surface area contributed by atoms with Gasteiger partial charge in [-0.15, -0.1) is 0 Å². The van der Waals surface area contributed by atoms with Crippen molar-refractivity contribution in [2.45, 2.75) is 33.2 Å². The molecule has 1 amide bonds. The van der Waals surface area contributed by atoms with E-state index in [2.05, 4.69) is 31.3 Å². The minimum absolute atomic E-state index is 0.0524. The summed E-state index contributed by atoms with van der Waals surface area (Å²) in [5.41, 5.74) is 6.41. The van der Waals surface area contributed by atoms with Crippen LogP contribution in [0.3, 0.4) is 0 Å². The highest BCUT2D eigenvalue weighted by atomic mass is 16.1. The lowest BCUT2D eigenvalue weighted by atomic mass is 10.1. The largest absolute Gasteiger partial charge is 0.325 e. The van der Waals surface area contributed by atoms with Crippen molar-refractivity contribution in [3.63, 3.8) is 0 Å². The van der Waals surface area contributed by atoms with E-state index in [1.54, 1.807) is 0 Å². The van der Waals surface area contributed by atoms with Crippen LogP contribution in [0.15, 0.2) is 72.8 Å². The fourth-order valence-corrected chi connectivity index (χ4v) is 3.58. The van der Waals surface area contributed by atoms with Gasteiger partial charge in [-0.1, -0.05) is 55.5 Å². The van der Waals surface area contributed by atoms with Gasteiger partial charge < -0.3 is 9.88 Å². The molecular weight excluding hydrogens is 358 g/mol. The van der Waals surface area contributed by atoms with Gasteiger partial charge in [-0.2, -0.15) is 0 Å². The first-order valence-electron chi connectivity index (χ1n) is 10.0. The normalized spacial score (nSPS) is 11.0. The van der Waals surface area contributed by atoms with Crippen molar-refractivity contribution in [1.82, 2.24) is 9.55 Å². The maximum atomic E-state index is 12.8. The van der Waals surface area contributed by atoms with Crippen LogP contribution in [0.25, 0.3) is 11.0 Å². The Bertz CT molecular complexity index is 1140. The molecule has 1 heterocycles. The molecule has 29 heavy (non-hydrogen) atoms. The number of para-hydroxylation sites is 2. The molecular formula is C25H25N3O. The summed E-state index contributed by atoms with van der Waals surface area (Å²) < 4.78 is 2.03. The average Bonchev–Trinajstić information content (AvgIpc) is 3.07. The van der Waals surface area contributed by atoms with Crippen LogP contribution in [-0.2, 0) is 24.2 Å². The Kier molecular flexibility index (Phi) is 5.43. The summed E-state index contributed by atoms with van der Waals surface area (Å²) in [6.07, 6.45) is 1.68. The minimum atomic E-state index is -0.0524. The second-order valence-corrected chi connectivity index (χ2v) is 7.30. The van der Waals surface area contributed by atoms with Gasteiger partial charge in [-0.25, -0.2) is 4.98 Å². The van der Waals surface area contributed by atoms with Crippen LogP contribution < -0.4 is 5.32 Å². The fraction of sp³-hybridized carbons (Fsp3) is 0.200. The molecule has 3 aromatic carbocycles. The highest BCUT2D eigenvalue weighted by molar-refractivity contribution is 5.91. The number of aromatic nitrogens is 2. The molecule has 0 saturated heterocycles. The number of benzene rings is 3. The summed E-state index contributed by atoms with van der Waals surface area (Å²) in [5, 5.41) is 3.01. The number of nitrogens with one attached hydrogen (secondary N) is 1. The molecule has 4 aromatic rings. The lowest BCUT2D eigenvalue weighted by molar-refractivity contribution is -0.116. The monoisotopic (exact) mass is 383 g/mol. The highest BCUT2D eigenvalue weighted by Crippen LogP contribution is 2.20. The molecule has 4 heteroatoms. The number of fused-ring (bicyclic) bond motifs is 1. The van der Waals surface area contributed by atoms with Gasteiger partial charge in [0.2, 0.25) is 5.91 Å². The number of carbonyl (C=O) groups excluding carboxylic acids is 1. The first kappa shape index (κ1) is 18.9. The molecule has 1 N–H and O–H groups in total. The van der Waals surface area contributed by atoms with Crippen LogP contribution in [0.1, 0.15) is 29.4 Å². The summed E-state index contributed by atoms with van der Waals surface area (Å²) in [6, 6.07) is 24.3. The Hall–Kier alpha value is -3.40.